The van der Waals surface area contributed by atoms with Crippen molar-refractivity contribution in [2.45, 2.75) is 25.3 Å². The van der Waals surface area contributed by atoms with Crippen molar-refractivity contribution in [3.05, 3.63) is 124 Å². The highest BCUT2D eigenvalue weighted by molar-refractivity contribution is 7.10. The molecule has 0 unspecified atom stereocenters. The Bertz CT molecular complexity index is 1550. The van der Waals surface area contributed by atoms with E-state index in [1.165, 1.54) is 0 Å². The molecule has 0 radical (unpaired) electrons. The normalized spacial score (nSPS) is 13.4. The molecule has 1 atom stereocenters. The van der Waals surface area contributed by atoms with E-state index in [1.54, 1.807) is 65.9 Å². The highest BCUT2D eigenvalue weighted by Crippen LogP contribution is 2.30. The van der Waals surface area contributed by atoms with E-state index in [9.17, 15) is 19.5 Å². The molecule has 1 aliphatic rings. The lowest BCUT2D eigenvalue weighted by Crippen LogP contribution is -2.35. The van der Waals surface area contributed by atoms with Crippen molar-refractivity contribution in [1.29, 1.82) is 0 Å². The minimum Gasteiger partial charge on any atom is -0.492 e. The highest BCUT2D eigenvalue weighted by Gasteiger charge is 2.26. The second kappa shape index (κ2) is 14.5. The van der Waals surface area contributed by atoms with Crippen molar-refractivity contribution in [3.63, 3.8) is 0 Å². The summed E-state index contributed by atoms with van der Waals surface area (Å²) >= 11 is 1.59. The molecule has 2 N–H and O–H groups in total. The van der Waals surface area contributed by atoms with E-state index in [2.05, 4.69) is 5.32 Å². The third-order valence-electron chi connectivity index (χ3n) is 7.25. The van der Waals surface area contributed by atoms with Crippen LogP contribution in [0.2, 0.25) is 0 Å². The predicted octanol–water partition coefficient (Wildman–Crippen LogP) is 6.42. The summed E-state index contributed by atoms with van der Waals surface area (Å²) in [6.07, 6.45) is 6.00. The van der Waals surface area contributed by atoms with Crippen LogP contribution in [0.1, 0.15) is 39.2 Å². The molecular formula is C35H34N2O5S. The van der Waals surface area contributed by atoms with Crippen molar-refractivity contribution in [2.75, 3.05) is 25.0 Å². The molecular weight excluding hydrogens is 560 g/mol. The summed E-state index contributed by atoms with van der Waals surface area (Å²) in [6, 6.07) is 26.2. The van der Waals surface area contributed by atoms with E-state index < -0.39 is 12.0 Å². The highest BCUT2D eigenvalue weighted by atomic mass is 32.1. The molecule has 0 aliphatic heterocycles. The van der Waals surface area contributed by atoms with Crippen LogP contribution < -0.4 is 10.1 Å². The Kier molecular flexibility index (Phi) is 10.0. The van der Waals surface area contributed by atoms with Gasteiger partial charge in [0.15, 0.2) is 5.78 Å². The smallest absolute Gasteiger partial charge is 0.326 e. The molecule has 8 heteroatoms. The summed E-state index contributed by atoms with van der Waals surface area (Å²) in [7, 11) is 0. The number of carbonyl (C=O) groups excluding carboxylic acids is 2. The molecule has 5 rings (SSSR count). The number of carboxylic acids is 1. The number of nitrogens with one attached hydrogen (secondary N) is 1. The van der Waals surface area contributed by atoms with E-state index in [1.807, 2.05) is 58.8 Å². The average molecular weight is 595 g/mol. The molecule has 0 spiro atoms. The van der Waals surface area contributed by atoms with Gasteiger partial charge in [-0.05, 0) is 66.1 Å². The summed E-state index contributed by atoms with van der Waals surface area (Å²) < 4.78 is 5.94. The summed E-state index contributed by atoms with van der Waals surface area (Å²) in [6.45, 7) is 1.58. The lowest BCUT2D eigenvalue weighted by molar-refractivity contribution is -0.137. The van der Waals surface area contributed by atoms with Gasteiger partial charge in [0.25, 0.3) is 0 Å². The number of aliphatic carboxylic acids is 1. The zero-order chi connectivity index (χ0) is 30.0. The number of para-hydroxylation sites is 1. The predicted molar refractivity (Wildman–Crippen MR) is 170 cm³/mol. The van der Waals surface area contributed by atoms with Crippen molar-refractivity contribution >= 4 is 40.8 Å². The minimum absolute atomic E-state index is 0.0153. The van der Waals surface area contributed by atoms with Crippen LogP contribution in [-0.2, 0) is 16.0 Å². The minimum atomic E-state index is -1.02. The van der Waals surface area contributed by atoms with Crippen LogP contribution in [0.4, 0.5) is 5.69 Å². The Hall–Kier alpha value is -4.69. The van der Waals surface area contributed by atoms with Gasteiger partial charge in [0.1, 0.15) is 18.4 Å². The fourth-order valence-electron chi connectivity index (χ4n) is 4.72. The maximum atomic E-state index is 13.1. The second-order valence-electron chi connectivity index (χ2n) is 10.5. The van der Waals surface area contributed by atoms with Gasteiger partial charge < -0.3 is 20.1 Å². The number of rotatable bonds is 15. The topological polar surface area (TPSA) is 95.9 Å². The van der Waals surface area contributed by atoms with Gasteiger partial charge >= 0.3 is 5.97 Å². The van der Waals surface area contributed by atoms with E-state index in [-0.39, 0.29) is 18.1 Å². The molecule has 1 heterocycles. The number of hydrogen-bond acceptors (Lipinski definition) is 6. The van der Waals surface area contributed by atoms with Crippen LogP contribution in [0.3, 0.4) is 0 Å². The second-order valence-corrected chi connectivity index (χ2v) is 11.5. The van der Waals surface area contributed by atoms with Gasteiger partial charge in [-0.3, -0.25) is 9.59 Å². The maximum Gasteiger partial charge on any atom is 0.326 e. The quantitative estimate of drug-likeness (QED) is 0.122. The van der Waals surface area contributed by atoms with Crippen LogP contribution in [0.5, 0.6) is 5.75 Å². The number of carbonyl (C=O) groups is 3. The lowest BCUT2D eigenvalue weighted by atomic mass is 10.00. The Morgan fingerprint density at radius 2 is 1.70 bits per heavy atom. The number of amides is 1. The first-order valence-electron chi connectivity index (χ1n) is 14.4. The van der Waals surface area contributed by atoms with Crippen LogP contribution in [-0.4, -0.2) is 53.4 Å². The molecule has 220 valence electrons. The summed E-state index contributed by atoms with van der Waals surface area (Å²) in [5, 5.41) is 15.0. The molecule has 3 aromatic carbocycles. The fourth-order valence-corrected chi connectivity index (χ4v) is 5.34. The molecule has 1 saturated carbocycles. The average Bonchev–Trinajstić information content (AvgIpc) is 3.70. The van der Waals surface area contributed by atoms with E-state index in [0.29, 0.717) is 41.6 Å². The molecule has 7 nitrogen and oxygen atoms in total. The Labute approximate surface area is 255 Å². The number of carboxylic acid groups (broad SMARTS) is 1. The summed E-state index contributed by atoms with van der Waals surface area (Å²) in [5.41, 5.74) is 2.23. The van der Waals surface area contributed by atoms with Crippen LogP contribution in [0.15, 0.2) is 102 Å². The molecule has 0 bridgehead atoms. The van der Waals surface area contributed by atoms with Gasteiger partial charge in [-0.15, -0.1) is 11.3 Å². The Morgan fingerprint density at radius 1 is 0.953 bits per heavy atom. The number of anilines is 1. The SMILES string of the molecule is O=C(c1ccccc1)c1ccccc1N[C@@H](Cc1ccc(OCCN(CC2CC2)C(=O)/C=C/c2cccs2)cc1)C(=O)O. The number of thiophene rings is 1. The molecule has 1 fully saturated rings. The lowest BCUT2D eigenvalue weighted by Gasteiger charge is -2.21. The van der Waals surface area contributed by atoms with Gasteiger partial charge in [-0.25, -0.2) is 4.79 Å². The van der Waals surface area contributed by atoms with Crippen molar-refractivity contribution < 1.29 is 24.2 Å². The standard InChI is InChI=1S/C35H34N2O5S/c38-33(19-18-29-9-6-22-43-29)37(24-26-12-13-26)20-21-42-28-16-14-25(15-17-28)23-32(35(40)41)36-31-11-5-4-10-30(31)34(39)27-7-2-1-3-8-27/h1-11,14-19,22,26,32,36H,12-13,20-21,23-24H2,(H,40,41)/b19-18+/t32-/m0/s1. The zero-order valence-electron chi connectivity index (χ0n) is 23.7. The first-order valence-corrected chi connectivity index (χ1v) is 15.2. The summed E-state index contributed by atoms with van der Waals surface area (Å²) in [4.78, 5) is 41.0. The third kappa shape index (κ3) is 8.66. The molecule has 1 aliphatic carbocycles. The largest absolute Gasteiger partial charge is 0.492 e. The molecule has 43 heavy (non-hydrogen) atoms. The molecule has 1 amide bonds. The van der Waals surface area contributed by atoms with Crippen molar-refractivity contribution in [3.8, 4) is 5.75 Å². The third-order valence-corrected chi connectivity index (χ3v) is 8.09. The van der Waals surface area contributed by atoms with Crippen LogP contribution in [0.25, 0.3) is 6.08 Å². The first kappa shape index (κ1) is 29.8. The summed E-state index contributed by atoms with van der Waals surface area (Å²) in [5.74, 6) is 0.00697. The molecule has 4 aromatic rings. The van der Waals surface area contributed by atoms with Gasteiger partial charge in [0, 0.05) is 40.7 Å². The monoisotopic (exact) mass is 594 g/mol. The van der Waals surface area contributed by atoms with Crippen molar-refractivity contribution in [1.82, 2.24) is 4.90 Å². The number of hydrogen-bond donors (Lipinski definition) is 2. The maximum absolute atomic E-state index is 13.1. The molecule has 0 saturated heterocycles. The Balaban J connectivity index is 1.17. The van der Waals surface area contributed by atoms with Gasteiger partial charge in [-0.1, -0.05) is 60.7 Å². The van der Waals surface area contributed by atoms with Gasteiger partial charge in [-0.2, -0.15) is 0 Å². The van der Waals surface area contributed by atoms with E-state index in [0.717, 1.165) is 29.8 Å². The van der Waals surface area contributed by atoms with Crippen LogP contribution in [0, 0.1) is 5.92 Å². The van der Waals surface area contributed by atoms with E-state index >= 15 is 0 Å². The fraction of sp³-hybridized carbons (Fsp3) is 0.229. The Morgan fingerprint density at radius 3 is 2.40 bits per heavy atom. The van der Waals surface area contributed by atoms with E-state index in [4.69, 9.17) is 4.74 Å². The molecule has 1 aromatic heterocycles. The zero-order valence-corrected chi connectivity index (χ0v) is 24.5. The van der Waals surface area contributed by atoms with Crippen molar-refractivity contribution in [2.24, 2.45) is 5.92 Å². The van der Waals surface area contributed by atoms with Gasteiger partial charge in [0.2, 0.25) is 5.91 Å². The first-order chi connectivity index (χ1) is 21.0. The number of ketones is 1. The number of nitrogens with zero attached hydrogens (tertiary/aromatic N) is 1. The number of benzene rings is 3. The number of ether oxygens (including phenoxy) is 1. The van der Waals surface area contributed by atoms with Crippen LogP contribution >= 0.6 is 11.3 Å². The van der Waals surface area contributed by atoms with Gasteiger partial charge in [0.05, 0.1) is 6.54 Å².